The summed E-state index contributed by atoms with van der Waals surface area (Å²) in [5, 5.41) is 0. The fraction of sp³-hybridized carbons (Fsp3) is 0.882. The Morgan fingerprint density at radius 3 is 2.44 bits per heavy atom. The van der Waals surface area contributed by atoms with Gasteiger partial charge in [-0.3, -0.25) is 9.59 Å². The van der Waals surface area contributed by atoms with E-state index in [4.69, 9.17) is 10.5 Å². The van der Waals surface area contributed by atoms with E-state index in [2.05, 4.69) is 0 Å². The van der Waals surface area contributed by atoms with Gasteiger partial charge in [-0.15, -0.1) is 12.4 Å². The van der Waals surface area contributed by atoms with E-state index in [1.54, 1.807) is 4.90 Å². The van der Waals surface area contributed by atoms with Crippen LogP contribution in [0.1, 0.15) is 32.6 Å². The van der Waals surface area contributed by atoms with Crippen LogP contribution in [-0.4, -0.2) is 73.7 Å². The van der Waals surface area contributed by atoms with E-state index in [0.717, 1.165) is 4.90 Å². The third kappa shape index (κ3) is 5.96. The summed E-state index contributed by atoms with van der Waals surface area (Å²) < 4.78 is 43.4. The van der Waals surface area contributed by atoms with E-state index in [1.807, 2.05) is 0 Å². The average Bonchev–Trinajstić information content (AvgIpc) is 2.64. The van der Waals surface area contributed by atoms with Gasteiger partial charge in [-0.2, -0.15) is 13.2 Å². The molecule has 0 saturated carbocycles. The van der Waals surface area contributed by atoms with Crippen molar-refractivity contribution in [2.24, 2.45) is 17.1 Å². The molecule has 2 fully saturated rings. The van der Waals surface area contributed by atoms with Gasteiger partial charge in [0.15, 0.2) is 0 Å². The fourth-order valence-electron chi connectivity index (χ4n) is 3.79. The number of nitrogens with zero attached hydrogens (tertiary/aromatic N) is 2. The monoisotopic (exact) mass is 415 g/mol. The van der Waals surface area contributed by atoms with Crippen molar-refractivity contribution in [2.75, 3.05) is 45.9 Å². The molecule has 0 aliphatic carbocycles. The van der Waals surface area contributed by atoms with Crippen LogP contribution in [0.15, 0.2) is 0 Å². The molecule has 10 heteroatoms. The van der Waals surface area contributed by atoms with Crippen LogP contribution in [0.5, 0.6) is 0 Å². The Kier molecular flexibility index (Phi) is 8.82. The number of amides is 2. The molecule has 0 aromatic carbocycles. The highest BCUT2D eigenvalue weighted by atomic mass is 35.5. The largest absolute Gasteiger partial charge is 0.406 e. The van der Waals surface area contributed by atoms with E-state index in [-0.39, 0.29) is 37.9 Å². The van der Waals surface area contributed by atoms with E-state index in [0.29, 0.717) is 45.4 Å². The summed E-state index contributed by atoms with van der Waals surface area (Å²) in [5.74, 6) is -1.22. The van der Waals surface area contributed by atoms with E-state index in [1.165, 1.54) is 6.92 Å². The molecule has 2 saturated heterocycles. The number of hydrogen-bond donors (Lipinski definition) is 1. The molecule has 2 rings (SSSR count). The van der Waals surface area contributed by atoms with Crippen molar-refractivity contribution >= 4 is 24.2 Å². The Balaban J connectivity index is 0.00000364. The predicted octanol–water partition coefficient (Wildman–Crippen LogP) is 1.81. The van der Waals surface area contributed by atoms with Gasteiger partial charge < -0.3 is 20.3 Å². The first-order valence-corrected chi connectivity index (χ1v) is 9.15. The predicted molar refractivity (Wildman–Crippen MR) is 96.4 cm³/mol. The van der Waals surface area contributed by atoms with Gasteiger partial charge in [0, 0.05) is 39.4 Å². The van der Waals surface area contributed by atoms with Crippen molar-refractivity contribution in [2.45, 2.75) is 38.8 Å². The first kappa shape index (κ1) is 24.0. The van der Waals surface area contributed by atoms with Gasteiger partial charge in [-0.05, 0) is 32.6 Å². The van der Waals surface area contributed by atoms with Crippen molar-refractivity contribution in [3.63, 3.8) is 0 Å². The van der Waals surface area contributed by atoms with Gasteiger partial charge in [-0.25, -0.2) is 0 Å². The summed E-state index contributed by atoms with van der Waals surface area (Å²) in [6.07, 6.45) is -2.26. The molecule has 2 N–H and O–H groups in total. The smallest absolute Gasteiger partial charge is 0.381 e. The Bertz CT molecular complexity index is 513. The molecule has 0 spiro atoms. The second-order valence-electron chi connectivity index (χ2n) is 7.15. The molecular weight excluding hydrogens is 387 g/mol. The lowest BCUT2D eigenvalue weighted by Crippen LogP contribution is -2.55. The maximum Gasteiger partial charge on any atom is 0.406 e. The van der Waals surface area contributed by atoms with E-state index < -0.39 is 30.0 Å². The second-order valence-corrected chi connectivity index (χ2v) is 7.15. The average molecular weight is 416 g/mol. The molecule has 2 heterocycles. The lowest BCUT2D eigenvalue weighted by atomic mass is 9.78. The molecule has 2 aliphatic rings. The molecule has 0 radical (unpaired) electrons. The fourth-order valence-corrected chi connectivity index (χ4v) is 3.79. The van der Waals surface area contributed by atoms with Crippen LogP contribution in [0.4, 0.5) is 13.2 Å². The number of carbonyl (C=O) groups excluding carboxylic acids is 2. The Hall–Kier alpha value is -1.06. The van der Waals surface area contributed by atoms with Gasteiger partial charge in [-0.1, -0.05) is 0 Å². The topological polar surface area (TPSA) is 75.9 Å². The molecule has 0 bridgehead atoms. The Morgan fingerprint density at radius 1 is 1.30 bits per heavy atom. The summed E-state index contributed by atoms with van der Waals surface area (Å²) in [6.45, 7) is 2.08. The molecule has 2 amide bonds. The summed E-state index contributed by atoms with van der Waals surface area (Å²) in [4.78, 5) is 28.0. The summed E-state index contributed by atoms with van der Waals surface area (Å²) in [7, 11) is 0. The van der Waals surface area contributed by atoms with Crippen LogP contribution in [0.2, 0.25) is 0 Å². The molecule has 6 nitrogen and oxygen atoms in total. The van der Waals surface area contributed by atoms with Crippen LogP contribution in [0.3, 0.4) is 0 Å². The lowest BCUT2D eigenvalue weighted by molar-refractivity contribution is -0.165. The SMILES string of the molecule is CCN(CC(F)(F)F)C(=O)C1CCCN(C(=O)C2(CN)CCOCC2)C1.Cl. The number of halogens is 4. The van der Waals surface area contributed by atoms with Crippen LogP contribution >= 0.6 is 12.4 Å². The Morgan fingerprint density at radius 2 is 1.93 bits per heavy atom. The number of nitrogens with two attached hydrogens (primary N) is 1. The highest BCUT2D eigenvalue weighted by Gasteiger charge is 2.44. The molecular formula is C17H29ClF3N3O3. The first-order valence-electron chi connectivity index (χ1n) is 9.15. The van der Waals surface area contributed by atoms with Crippen LogP contribution in [0, 0.1) is 11.3 Å². The molecule has 0 aromatic rings. The highest BCUT2D eigenvalue weighted by Crippen LogP contribution is 2.33. The molecule has 158 valence electrons. The maximum atomic E-state index is 13.0. The summed E-state index contributed by atoms with van der Waals surface area (Å²) in [5.41, 5.74) is 5.20. The minimum Gasteiger partial charge on any atom is -0.381 e. The van der Waals surface area contributed by atoms with Crippen molar-refractivity contribution in [3.05, 3.63) is 0 Å². The number of carbonyl (C=O) groups is 2. The van der Waals surface area contributed by atoms with E-state index >= 15 is 0 Å². The van der Waals surface area contributed by atoms with Crippen molar-refractivity contribution in [1.29, 1.82) is 0 Å². The van der Waals surface area contributed by atoms with Crippen molar-refractivity contribution in [3.8, 4) is 0 Å². The van der Waals surface area contributed by atoms with Crippen LogP contribution < -0.4 is 5.73 Å². The molecule has 27 heavy (non-hydrogen) atoms. The zero-order valence-electron chi connectivity index (χ0n) is 15.6. The molecule has 1 atom stereocenters. The van der Waals surface area contributed by atoms with Gasteiger partial charge in [0.1, 0.15) is 6.54 Å². The highest BCUT2D eigenvalue weighted by molar-refractivity contribution is 5.85. The lowest BCUT2D eigenvalue weighted by Gasteiger charge is -2.42. The van der Waals surface area contributed by atoms with Crippen LogP contribution in [-0.2, 0) is 14.3 Å². The van der Waals surface area contributed by atoms with E-state index in [9.17, 15) is 22.8 Å². The van der Waals surface area contributed by atoms with Crippen LogP contribution in [0.25, 0.3) is 0 Å². The number of rotatable bonds is 5. The zero-order chi connectivity index (χ0) is 19.4. The Labute approximate surface area is 164 Å². The third-order valence-electron chi connectivity index (χ3n) is 5.42. The standard InChI is InChI=1S/C17H28F3N3O3.ClH/c1-2-22(12-17(18,19)20)14(24)13-4-3-7-23(10-13)15(25)16(11-21)5-8-26-9-6-16;/h13H,2-12,21H2,1H3;1H. The molecule has 0 aromatic heterocycles. The maximum absolute atomic E-state index is 13.0. The zero-order valence-corrected chi connectivity index (χ0v) is 16.4. The molecule has 1 unspecified atom stereocenters. The minimum absolute atomic E-state index is 0. The van der Waals surface area contributed by atoms with Gasteiger partial charge >= 0.3 is 6.18 Å². The second kappa shape index (κ2) is 9.93. The van der Waals surface area contributed by atoms with Crippen molar-refractivity contribution in [1.82, 2.24) is 9.80 Å². The third-order valence-corrected chi connectivity index (χ3v) is 5.42. The summed E-state index contributed by atoms with van der Waals surface area (Å²) in [6, 6.07) is 0. The van der Waals surface area contributed by atoms with Crippen molar-refractivity contribution < 1.29 is 27.5 Å². The number of alkyl halides is 3. The normalized spacial score (nSPS) is 22.7. The van der Waals surface area contributed by atoms with Gasteiger partial charge in [0.25, 0.3) is 0 Å². The minimum atomic E-state index is -4.43. The summed E-state index contributed by atoms with van der Waals surface area (Å²) >= 11 is 0. The first-order chi connectivity index (χ1) is 12.2. The number of hydrogen-bond acceptors (Lipinski definition) is 4. The number of likely N-dealkylation sites (tertiary alicyclic amines) is 1. The number of ether oxygens (including phenoxy) is 1. The van der Waals surface area contributed by atoms with Gasteiger partial charge in [0.2, 0.25) is 11.8 Å². The number of piperidine rings is 1. The van der Waals surface area contributed by atoms with Gasteiger partial charge in [0.05, 0.1) is 11.3 Å². The quantitative estimate of drug-likeness (QED) is 0.743. The molecule has 2 aliphatic heterocycles.